The summed E-state index contributed by atoms with van der Waals surface area (Å²) in [5, 5.41) is 14.4. The fourth-order valence-corrected chi connectivity index (χ4v) is 1.11. The minimum atomic E-state index is -0.912. The second-order valence-electron chi connectivity index (χ2n) is 5.10. The lowest BCUT2D eigenvalue weighted by Crippen LogP contribution is -2.47. The third-order valence-electron chi connectivity index (χ3n) is 3.38. The smallest absolute Gasteiger partial charge is 0.314 e. The topological polar surface area (TPSA) is 81.7 Å². The molecule has 0 heterocycles. The molecule has 2 unspecified atom stereocenters. The summed E-state index contributed by atoms with van der Waals surface area (Å²) >= 11 is 0. The van der Waals surface area contributed by atoms with Gasteiger partial charge in [-0.25, -0.2) is 4.79 Å². The normalized spacial score (nSPS) is 15.9. The standard InChI is InChI=1S/C12H25N3O3/c1-6-12(3,10(16)17)8-14-11(18)13-7-9(2)15(4)5/h9H,6-8H2,1-5H3,(H,16,17)(H2,13,14,18). The van der Waals surface area contributed by atoms with Crippen LogP contribution in [0.3, 0.4) is 0 Å². The van der Waals surface area contributed by atoms with Crippen LogP contribution in [0.1, 0.15) is 27.2 Å². The monoisotopic (exact) mass is 259 g/mol. The number of aliphatic carboxylic acids is 1. The maximum absolute atomic E-state index is 11.5. The van der Waals surface area contributed by atoms with Crippen LogP contribution in [0.2, 0.25) is 0 Å². The number of nitrogens with zero attached hydrogens (tertiary/aromatic N) is 1. The van der Waals surface area contributed by atoms with Crippen molar-refractivity contribution < 1.29 is 14.7 Å². The van der Waals surface area contributed by atoms with Gasteiger partial charge in [0.1, 0.15) is 0 Å². The quantitative estimate of drug-likeness (QED) is 0.630. The Morgan fingerprint density at radius 3 is 2.28 bits per heavy atom. The van der Waals surface area contributed by atoms with Crippen molar-refractivity contribution in [3.63, 3.8) is 0 Å². The van der Waals surface area contributed by atoms with Gasteiger partial charge in [0.2, 0.25) is 0 Å². The molecule has 0 saturated heterocycles. The van der Waals surface area contributed by atoms with E-state index in [0.717, 1.165) is 0 Å². The number of carbonyl (C=O) groups is 2. The molecule has 0 aliphatic carbocycles. The number of carbonyl (C=O) groups excluding carboxylic acids is 1. The highest BCUT2D eigenvalue weighted by Gasteiger charge is 2.31. The summed E-state index contributed by atoms with van der Waals surface area (Å²) in [6.45, 7) is 6.06. The highest BCUT2D eigenvalue weighted by Crippen LogP contribution is 2.19. The molecule has 3 N–H and O–H groups in total. The van der Waals surface area contributed by atoms with Gasteiger partial charge in [-0.15, -0.1) is 0 Å². The van der Waals surface area contributed by atoms with Gasteiger partial charge in [-0.3, -0.25) is 4.79 Å². The number of carboxylic acid groups (broad SMARTS) is 1. The number of amides is 2. The maximum Gasteiger partial charge on any atom is 0.314 e. The van der Waals surface area contributed by atoms with Gasteiger partial charge in [0.05, 0.1) is 5.41 Å². The van der Waals surface area contributed by atoms with Crippen LogP contribution in [-0.4, -0.2) is 55.2 Å². The lowest BCUT2D eigenvalue weighted by Gasteiger charge is -2.24. The first-order valence-corrected chi connectivity index (χ1v) is 6.14. The average molecular weight is 259 g/mol. The van der Waals surface area contributed by atoms with Gasteiger partial charge in [0.15, 0.2) is 0 Å². The first-order chi connectivity index (χ1) is 8.23. The molecule has 6 heteroatoms. The van der Waals surface area contributed by atoms with Gasteiger partial charge in [-0.1, -0.05) is 6.92 Å². The summed E-state index contributed by atoms with van der Waals surface area (Å²) in [5.74, 6) is -0.896. The van der Waals surface area contributed by atoms with Crippen LogP contribution in [0.25, 0.3) is 0 Å². The van der Waals surface area contributed by atoms with Crippen molar-refractivity contribution in [2.24, 2.45) is 5.41 Å². The van der Waals surface area contributed by atoms with E-state index < -0.39 is 11.4 Å². The second-order valence-corrected chi connectivity index (χ2v) is 5.10. The van der Waals surface area contributed by atoms with E-state index in [1.807, 2.05) is 25.9 Å². The number of likely N-dealkylation sites (N-methyl/N-ethyl adjacent to an activating group) is 1. The molecule has 18 heavy (non-hydrogen) atoms. The van der Waals surface area contributed by atoms with Crippen LogP contribution >= 0.6 is 0 Å². The zero-order chi connectivity index (χ0) is 14.3. The number of hydrogen-bond acceptors (Lipinski definition) is 3. The maximum atomic E-state index is 11.5. The lowest BCUT2D eigenvalue weighted by atomic mass is 9.88. The minimum absolute atomic E-state index is 0.126. The Hall–Kier alpha value is -1.30. The van der Waals surface area contributed by atoms with Gasteiger partial charge in [-0.2, -0.15) is 0 Å². The van der Waals surface area contributed by atoms with E-state index in [1.54, 1.807) is 13.8 Å². The van der Waals surface area contributed by atoms with Crippen molar-refractivity contribution in [1.82, 2.24) is 15.5 Å². The molecule has 0 spiro atoms. The Morgan fingerprint density at radius 1 is 1.33 bits per heavy atom. The van der Waals surface area contributed by atoms with E-state index in [0.29, 0.717) is 13.0 Å². The van der Waals surface area contributed by atoms with E-state index >= 15 is 0 Å². The molecule has 0 bridgehead atoms. The predicted molar refractivity (Wildman–Crippen MR) is 70.6 cm³/mol. The molecular weight excluding hydrogens is 234 g/mol. The lowest BCUT2D eigenvalue weighted by molar-refractivity contribution is -0.147. The molecule has 0 radical (unpaired) electrons. The van der Waals surface area contributed by atoms with E-state index in [9.17, 15) is 9.59 Å². The van der Waals surface area contributed by atoms with Crippen LogP contribution in [0, 0.1) is 5.41 Å². The van der Waals surface area contributed by atoms with Crippen molar-refractivity contribution in [3.05, 3.63) is 0 Å². The van der Waals surface area contributed by atoms with E-state index in [2.05, 4.69) is 10.6 Å². The summed E-state index contributed by atoms with van der Waals surface area (Å²) in [4.78, 5) is 24.6. The number of urea groups is 1. The van der Waals surface area contributed by atoms with E-state index in [1.165, 1.54) is 0 Å². The zero-order valence-electron chi connectivity index (χ0n) is 11.9. The Bertz CT molecular complexity index is 294. The Morgan fingerprint density at radius 2 is 1.89 bits per heavy atom. The van der Waals surface area contributed by atoms with Crippen molar-refractivity contribution in [2.45, 2.75) is 33.2 Å². The summed E-state index contributed by atoms with van der Waals surface area (Å²) < 4.78 is 0. The zero-order valence-corrected chi connectivity index (χ0v) is 11.9. The number of rotatable bonds is 7. The number of carboxylic acids is 1. The molecule has 0 aromatic rings. The van der Waals surface area contributed by atoms with Gasteiger partial charge in [-0.05, 0) is 34.4 Å². The molecule has 2 atom stereocenters. The summed E-state index contributed by atoms with van der Waals surface area (Å²) in [7, 11) is 3.87. The Labute approximate surface area is 109 Å². The summed E-state index contributed by atoms with van der Waals surface area (Å²) in [5.41, 5.74) is -0.912. The van der Waals surface area contributed by atoms with Crippen molar-refractivity contribution in [3.8, 4) is 0 Å². The van der Waals surface area contributed by atoms with E-state index in [-0.39, 0.29) is 18.6 Å². The molecular formula is C12H25N3O3. The van der Waals surface area contributed by atoms with Crippen molar-refractivity contribution in [1.29, 1.82) is 0 Å². The number of hydrogen-bond donors (Lipinski definition) is 3. The van der Waals surface area contributed by atoms with Gasteiger partial charge in [0, 0.05) is 19.1 Å². The molecule has 0 aromatic carbocycles. The van der Waals surface area contributed by atoms with Crippen LogP contribution in [-0.2, 0) is 4.79 Å². The largest absolute Gasteiger partial charge is 0.481 e. The Kier molecular flexibility index (Phi) is 6.68. The minimum Gasteiger partial charge on any atom is -0.481 e. The van der Waals surface area contributed by atoms with Crippen molar-refractivity contribution >= 4 is 12.0 Å². The first-order valence-electron chi connectivity index (χ1n) is 6.14. The molecule has 0 aliphatic rings. The summed E-state index contributed by atoms with van der Waals surface area (Å²) in [6.07, 6.45) is 0.469. The molecule has 0 rings (SSSR count). The van der Waals surface area contributed by atoms with E-state index in [4.69, 9.17) is 5.11 Å². The molecule has 0 aliphatic heterocycles. The third-order valence-corrected chi connectivity index (χ3v) is 3.38. The van der Waals surface area contributed by atoms with Gasteiger partial charge >= 0.3 is 12.0 Å². The first kappa shape index (κ1) is 16.7. The molecule has 0 fully saturated rings. The van der Waals surface area contributed by atoms with Gasteiger partial charge < -0.3 is 20.6 Å². The molecule has 0 aromatic heterocycles. The van der Waals surface area contributed by atoms with Crippen LogP contribution < -0.4 is 10.6 Å². The number of nitrogens with one attached hydrogen (secondary N) is 2. The predicted octanol–water partition coefficient (Wildman–Crippen LogP) is 0.737. The Balaban J connectivity index is 4.07. The molecule has 106 valence electrons. The van der Waals surface area contributed by atoms with Gasteiger partial charge in [0.25, 0.3) is 0 Å². The molecule has 6 nitrogen and oxygen atoms in total. The summed E-state index contributed by atoms with van der Waals surface area (Å²) in [6, 6.07) is -0.0996. The fourth-order valence-electron chi connectivity index (χ4n) is 1.11. The highest BCUT2D eigenvalue weighted by atomic mass is 16.4. The average Bonchev–Trinajstić information content (AvgIpc) is 2.32. The molecule has 2 amide bonds. The SMILES string of the molecule is CCC(C)(CNC(=O)NCC(C)N(C)C)C(=O)O. The highest BCUT2D eigenvalue weighted by molar-refractivity contribution is 5.77. The molecule has 0 saturated carbocycles. The van der Waals surface area contributed by atoms with Crippen LogP contribution in [0.15, 0.2) is 0 Å². The fraction of sp³-hybridized carbons (Fsp3) is 0.833. The third kappa shape index (κ3) is 5.35. The second kappa shape index (κ2) is 7.20. The van der Waals surface area contributed by atoms with Crippen LogP contribution in [0.4, 0.5) is 4.79 Å². The van der Waals surface area contributed by atoms with Crippen LogP contribution in [0.5, 0.6) is 0 Å². The van der Waals surface area contributed by atoms with Crippen molar-refractivity contribution in [2.75, 3.05) is 27.2 Å².